The molecular weight excluding hydrogens is 262 g/mol. The Balaban J connectivity index is 3.37. The molecule has 0 radical (unpaired) electrons. The molecule has 0 N–H and O–H groups in total. The van der Waals surface area contributed by atoms with Gasteiger partial charge >= 0.3 is 0 Å². The van der Waals surface area contributed by atoms with Gasteiger partial charge in [-0.25, -0.2) is 0 Å². The highest BCUT2D eigenvalue weighted by atomic mass is 15.7. The molecule has 0 spiro atoms. The molecule has 0 amide bonds. The van der Waals surface area contributed by atoms with Crippen molar-refractivity contribution in [2.45, 2.75) is 45.7 Å². The molecular formula is C16H37N5. The number of rotatable bonds is 4. The van der Waals surface area contributed by atoms with Gasteiger partial charge in [-0.05, 0) is 62.2 Å². The lowest BCUT2D eigenvalue weighted by molar-refractivity contribution is -0.258. The molecule has 1 saturated heterocycles. The van der Waals surface area contributed by atoms with E-state index >= 15 is 0 Å². The summed E-state index contributed by atoms with van der Waals surface area (Å²) >= 11 is 0. The van der Waals surface area contributed by atoms with Crippen molar-refractivity contribution in [2.24, 2.45) is 0 Å². The summed E-state index contributed by atoms with van der Waals surface area (Å²) in [5, 5.41) is 0. The van der Waals surface area contributed by atoms with E-state index in [1.807, 2.05) is 0 Å². The van der Waals surface area contributed by atoms with E-state index in [0.717, 1.165) is 26.2 Å². The number of nitrogens with zero attached hydrogens (tertiary/aromatic N) is 5. The van der Waals surface area contributed by atoms with Crippen molar-refractivity contribution in [3.05, 3.63) is 0 Å². The van der Waals surface area contributed by atoms with Crippen LogP contribution in [0.3, 0.4) is 0 Å². The van der Waals surface area contributed by atoms with Gasteiger partial charge in [-0.1, -0.05) is 13.8 Å². The van der Waals surface area contributed by atoms with E-state index in [-0.39, 0.29) is 5.91 Å². The van der Waals surface area contributed by atoms with E-state index in [9.17, 15) is 0 Å². The molecule has 0 aromatic rings. The van der Waals surface area contributed by atoms with Crippen molar-refractivity contribution in [2.75, 3.05) is 61.4 Å². The molecule has 2 unspecified atom stereocenters. The minimum absolute atomic E-state index is 0.177. The Morgan fingerprint density at radius 2 is 1.19 bits per heavy atom. The molecule has 0 bridgehead atoms. The van der Waals surface area contributed by atoms with Crippen molar-refractivity contribution in [3.63, 3.8) is 0 Å². The van der Waals surface area contributed by atoms with E-state index in [4.69, 9.17) is 0 Å². The predicted octanol–water partition coefficient (Wildman–Crippen LogP) is 1.09. The molecule has 2 atom stereocenters. The first-order valence-electron chi connectivity index (χ1n) is 8.30. The highest BCUT2D eigenvalue weighted by Gasteiger charge is 2.49. The van der Waals surface area contributed by atoms with Crippen LogP contribution in [0.2, 0.25) is 0 Å². The van der Waals surface area contributed by atoms with E-state index in [0.29, 0.717) is 12.1 Å². The van der Waals surface area contributed by atoms with E-state index in [1.54, 1.807) is 0 Å². The fraction of sp³-hybridized carbons (Fsp3) is 1.00. The normalized spacial score (nSPS) is 29.9. The summed E-state index contributed by atoms with van der Waals surface area (Å²) in [6.07, 6.45) is 0. The number of likely N-dealkylation sites (N-methyl/N-ethyl adjacent to an activating group) is 3. The highest BCUT2D eigenvalue weighted by molar-refractivity contribution is 4.93. The highest BCUT2D eigenvalue weighted by Crippen LogP contribution is 2.30. The monoisotopic (exact) mass is 299 g/mol. The average molecular weight is 300 g/mol. The maximum atomic E-state index is 2.53. The molecule has 0 aliphatic carbocycles. The van der Waals surface area contributed by atoms with E-state index in [1.165, 1.54) is 0 Å². The summed E-state index contributed by atoms with van der Waals surface area (Å²) in [7, 11) is 11.2. The topological polar surface area (TPSA) is 16.2 Å². The third-order valence-electron chi connectivity index (χ3n) is 5.39. The molecule has 1 aliphatic rings. The van der Waals surface area contributed by atoms with Crippen LogP contribution in [0.15, 0.2) is 0 Å². The van der Waals surface area contributed by atoms with Gasteiger partial charge in [0.25, 0.3) is 0 Å². The fourth-order valence-corrected chi connectivity index (χ4v) is 3.85. The Morgan fingerprint density at radius 3 is 1.48 bits per heavy atom. The van der Waals surface area contributed by atoms with Crippen LogP contribution >= 0.6 is 0 Å². The summed E-state index contributed by atoms with van der Waals surface area (Å²) in [6.45, 7) is 13.4. The lowest BCUT2D eigenvalue weighted by Crippen LogP contribution is -2.79. The molecule has 126 valence electrons. The van der Waals surface area contributed by atoms with Crippen LogP contribution in [0, 0.1) is 0 Å². The lowest BCUT2D eigenvalue weighted by atomic mass is 10.1. The standard InChI is InChI=1S/C16H37N5/c1-10-18(6)16(19(7)11-2)20(8)14(3)12-17(5)13-15(4)21(16)9/h14-15H,10-13H2,1-9H3. The first-order valence-corrected chi connectivity index (χ1v) is 8.30. The first-order chi connectivity index (χ1) is 9.73. The Bertz CT molecular complexity index is 292. The van der Waals surface area contributed by atoms with Crippen LogP contribution in [0.4, 0.5) is 0 Å². The molecule has 1 fully saturated rings. The zero-order valence-corrected chi connectivity index (χ0v) is 15.7. The SMILES string of the molecule is CCN(C)C1(N(C)CC)N(C)C(C)CN(C)CC(C)N1C. The van der Waals surface area contributed by atoms with Gasteiger partial charge in [0.2, 0.25) is 0 Å². The number of hydrogen-bond acceptors (Lipinski definition) is 5. The second kappa shape index (κ2) is 7.38. The lowest BCUT2D eigenvalue weighted by Gasteiger charge is -2.61. The Kier molecular flexibility index (Phi) is 6.62. The van der Waals surface area contributed by atoms with Crippen LogP contribution in [0.5, 0.6) is 0 Å². The van der Waals surface area contributed by atoms with E-state index < -0.39 is 0 Å². The number of hydrogen-bond donors (Lipinski definition) is 0. The molecule has 1 rings (SSSR count). The van der Waals surface area contributed by atoms with Crippen molar-refractivity contribution in [1.82, 2.24) is 24.5 Å². The van der Waals surface area contributed by atoms with Gasteiger partial charge in [0, 0.05) is 25.2 Å². The van der Waals surface area contributed by atoms with Crippen LogP contribution in [0.25, 0.3) is 0 Å². The summed E-state index contributed by atoms with van der Waals surface area (Å²) < 4.78 is 0. The minimum atomic E-state index is -0.177. The molecule has 0 aromatic heterocycles. The van der Waals surface area contributed by atoms with Crippen molar-refractivity contribution < 1.29 is 0 Å². The summed E-state index contributed by atoms with van der Waals surface area (Å²) in [5.74, 6) is -0.177. The van der Waals surface area contributed by atoms with Gasteiger partial charge in [0.05, 0.1) is 0 Å². The van der Waals surface area contributed by atoms with Gasteiger partial charge in [0.15, 0.2) is 5.91 Å². The molecule has 21 heavy (non-hydrogen) atoms. The van der Waals surface area contributed by atoms with Gasteiger partial charge < -0.3 is 4.90 Å². The molecule has 0 saturated carbocycles. The molecule has 1 heterocycles. The second-order valence-electron chi connectivity index (χ2n) is 6.77. The molecule has 5 heteroatoms. The van der Waals surface area contributed by atoms with Crippen molar-refractivity contribution in [1.29, 1.82) is 0 Å². The maximum Gasteiger partial charge on any atom is 0.191 e. The van der Waals surface area contributed by atoms with Gasteiger partial charge in [-0.2, -0.15) is 0 Å². The Labute approximate surface area is 132 Å². The van der Waals surface area contributed by atoms with Gasteiger partial charge in [0.1, 0.15) is 0 Å². The Hall–Kier alpha value is -0.200. The second-order valence-corrected chi connectivity index (χ2v) is 6.77. The third-order valence-corrected chi connectivity index (χ3v) is 5.39. The van der Waals surface area contributed by atoms with Crippen molar-refractivity contribution >= 4 is 0 Å². The molecule has 1 aliphatic heterocycles. The molecule has 0 aromatic carbocycles. The quantitative estimate of drug-likeness (QED) is 0.720. The first kappa shape index (κ1) is 18.8. The zero-order valence-electron chi connectivity index (χ0n) is 15.7. The fourth-order valence-electron chi connectivity index (χ4n) is 3.85. The average Bonchev–Trinajstić information content (AvgIpc) is 2.45. The van der Waals surface area contributed by atoms with E-state index in [2.05, 4.69) is 87.4 Å². The van der Waals surface area contributed by atoms with Gasteiger partial charge in [-0.15, -0.1) is 0 Å². The summed E-state index contributed by atoms with van der Waals surface area (Å²) in [6, 6.07) is 0.987. The summed E-state index contributed by atoms with van der Waals surface area (Å²) in [4.78, 5) is 12.5. The van der Waals surface area contributed by atoms with Crippen LogP contribution < -0.4 is 0 Å². The zero-order chi connectivity index (χ0) is 16.4. The minimum Gasteiger partial charge on any atom is -0.303 e. The third kappa shape index (κ3) is 3.27. The smallest absolute Gasteiger partial charge is 0.191 e. The van der Waals surface area contributed by atoms with Gasteiger partial charge in [-0.3, -0.25) is 19.6 Å². The molecule has 5 nitrogen and oxygen atoms in total. The maximum absolute atomic E-state index is 2.53. The Morgan fingerprint density at radius 1 is 0.857 bits per heavy atom. The van der Waals surface area contributed by atoms with Crippen molar-refractivity contribution in [3.8, 4) is 0 Å². The summed E-state index contributed by atoms with van der Waals surface area (Å²) in [5.41, 5.74) is 0. The van der Waals surface area contributed by atoms with Crippen LogP contribution in [0.1, 0.15) is 27.7 Å². The predicted molar refractivity (Wildman–Crippen MR) is 91.3 cm³/mol. The van der Waals surface area contributed by atoms with Crippen LogP contribution in [-0.4, -0.2) is 104 Å². The van der Waals surface area contributed by atoms with Crippen LogP contribution in [-0.2, 0) is 0 Å². The largest absolute Gasteiger partial charge is 0.303 e.